The van der Waals surface area contributed by atoms with E-state index in [0.717, 1.165) is 13.1 Å². The number of hydrogen-bond acceptors (Lipinski definition) is 2. The second kappa shape index (κ2) is 4.86. The third-order valence-electron chi connectivity index (χ3n) is 4.71. The number of para-hydroxylation sites is 2. The molecule has 0 radical (unpaired) electrons. The average molecular weight is 264 g/mol. The SMILES string of the molecule is c1ccc(N2CC3CCC2CN3c2ccccc2)cc1. The van der Waals surface area contributed by atoms with Gasteiger partial charge < -0.3 is 9.80 Å². The van der Waals surface area contributed by atoms with E-state index in [1.807, 2.05) is 0 Å². The lowest BCUT2D eigenvalue weighted by Gasteiger charge is -2.53. The van der Waals surface area contributed by atoms with E-state index in [1.54, 1.807) is 0 Å². The molecule has 2 bridgehead atoms. The minimum atomic E-state index is 0.655. The van der Waals surface area contributed by atoms with Crippen molar-refractivity contribution in [2.45, 2.75) is 24.9 Å². The van der Waals surface area contributed by atoms with E-state index in [9.17, 15) is 0 Å². The van der Waals surface area contributed by atoms with Crippen molar-refractivity contribution < 1.29 is 0 Å². The Balaban J connectivity index is 1.59. The molecule has 2 heteroatoms. The molecule has 3 aliphatic rings. The smallest absolute Gasteiger partial charge is 0.0466 e. The van der Waals surface area contributed by atoms with Gasteiger partial charge in [-0.15, -0.1) is 0 Å². The number of rotatable bonds is 2. The fraction of sp³-hybridized carbons (Fsp3) is 0.333. The molecule has 3 heterocycles. The normalized spacial score (nSPS) is 25.0. The maximum absolute atomic E-state index is 2.60. The second-order valence-corrected chi connectivity index (χ2v) is 5.86. The van der Waals surface area contributed by atoms with Crippen molar-refractivity contribution >= 4 is 11.4 Å². The summed E-state index contributed by atoms with van der Waals surface area (Å²) in [5.41, 5.74) is 2.77. The number of benzene rings is 2. The first-order valence-corrected chi connectivity index (χ1v) is 7.55. The minimum Gasteiger partial charge on any atom is -0.365 e. The maximum atomic E-state index is 2.60. The van der Waals surface area contributed by atoms with Crippen LogP contribution in [0, 0.1) is 0 Å². The summed E-state index contributed by atoms with van der Waals surface area (Å²) < 4.78 is 0. The first-order valence-electron chi connectivity index (χ1n) is 7.55. The summed E-state index contributed by atoms with van der Waals surface area (Å²) in [5, 5.41) is 0. The lowest BCUT2D eigenvalue weighted by atomic mass is 9.89. The molecule has 0 amide bonds. The van der Waals surface area contributed by atoms with Crippen LogP contribution in [0.25, 0.3) is 0 Å². The summed E-state index contributed by atoms with van der Waals surface area (Å²) in [6.07, 6.45) is 2.64. The zero-order valence-electron chi connectivity index (χ0n) is 11.7. The fourth-order valence-electron chi connectivity index (χ4n) is 3.70. The first kappa shape index (κ1) is 11.8. The van der Waals surface area contributed by atoms with Gasteiger partial charge in [-0.2, -0.15) is 0 Å². The molecule has 0 spiro atoms. The van der Waals surface area contributed by atoms with Gasteiger partial charge in [0.15, 0.2) is 0 Å². The van der Waals surface area contributed by atoms with Crippen LogP contribution in [0.5, 0.6) is 0 Å². The van der Waals surface area contributed by atoms with Crippen LogP contribution in [-0.4, -0.2) is 25.2 Å². The first-order chi connectivity index (χ1) is 9.92. The summed E-state index contributed by atoms with van der Waals surface area (Å²) >= 11 is 0. The number of piperazine rings is 1. The van der Waals surface area contributed by atoms with Gasteiger partial charge in [-0.05, 0) is 37.1 Å². The Morgan fingerprint density at radius 2 is 1.00 bits per heavy atom. The number of anilines is 2. The molecule has 5 rings (SSSR count). The van der Waals surface area contributed by atoms with E-state index >= 15 is 0 Å². The Morgan fingerprint density at radius 3 is 1.35 bits per heavy atom. The Kier molecular flexibility index (Phi) is 2.87. The zero-order chi connectivity index (χ0) is 13.4. The number of nitrogens with zero attached hydrogens (tertiary/aromatic N) is 2. The second-order valence-electron chi connectivity index (χ2n) is 5.86. The van der Waals surface area contributed by atoms with E-state index in [-0.39, 0.29) is 0 Å². The summed E-state index contributed by atoms with van der Waals surface area (Å²) in [5.74, 6) is 0. The molecule has 2 atom stereocenters. The number of piperidine rings is 2. The van der Waals surface area contributed by atoms with Gasteiger partial charge in [0.05, 0.1) is 0 Å². The Labute approximate surface area is 120 Å². The minimum absolute atomic E-state index is 0.655. The predicted molar refractivity (Wildman–Crippen MR) is 84.4 cm³/mol. The molecule has 3 fully saturated rings. The van der Waals surface area contributed by atoms with Gasteiger partial charge in [0.25, 0.3) is 0 Å². The fourth-order valence-corrected chi connectivity index (χ4v) is 3.70. The summed E-state index contributed by atoms with van der Waals surface area (Å²) in [6, 6.07) is 23.1. The van der Waals surface area contributed by atoms with Crippen LogP contribution in [0.15, 0.2) is 60.7 Å². The monoisotopic (exact) mass is 264 g/mol. The molecule has 2 nitrogen and oxygen atoms in total. The third-order valence-corrected chi connectivity index (χ3v) is 4.71. The quantitative estimate of drug-likeness (QED) is 0.818. The van der Waals surface area contributed by atoms with Crippen LogP contribution in [0.4, 0.5) is 11.4 Å². The third kappa shape index (κ3) is 1.96. The Bertz CT molecular complexity index is 513. The molecular formula is C18H20N2. The van der Waals surface area contributed by atoms with Crippen molar-refractivity contribution in [3.8, 4) is 0 Å². The van der Waals surface area contributed by atoms with Crippen LogP contribution in [0.3, 0.4) is 0 Å². The van der Waals surface area contributed by atoms with Crippen molar-refractivity contribution in [1.82, 2.24) is 0 Å². The molecule has 0 aliphatic carbocycles. The van der Waals surface area contributed by atoms with Gasteiger partial charge in [0, 0.05) is 36.5 Å². The van der Waals surface area contributed by atoms with Crippen LogP contribution in [-0.2, 0) is 0 Å². The molecule has 2 aromatic rings. The molecule has 20 heavy (non-hydrogen) atoms. The van der Waals surface area contributed by atoms with Gasteiger partial charge >= 0.3 is 0 Å². The topological polar surface area (TPSA) is 6.48 Å². The molecule has 102 valence electrons. The van der Waals surface area contributed by atoms with E-state index in [4.69, 9.17) is 0 Å². The highest BCUT2D eigenvalue weighted by atomic mass is 15.3. The molecule has 3 aliphatic heterocycles. The van der Waals surface area contributed by atoms with Crippen molar-refractivity contribution in [2.75, 3.05) is 22.9 Å². The lowest BCUT2D eigenvalue weighted by molar-refractivity contribution is 0.334. The molecule has 0 saturated carbocycles. The van der Waals surface area contributed by atoms with Crippen LogP contribution in [0.2, 0.25) is 0 Å². The molecular weight excluding hydrogens is 244 g/mol. The molecule has 2 unspecified atom stereocenters. The van der Waals surface area contributed by atoms with Crippen LogP contribution < -0.4 is 9.80 Å². The van der Waals surface area contributed by atoms with Crippen molar-refractivity contribution in [2.24, 2.45) is 0 Å². The van der Waals surface area contributed by atoms with E-state index in [0.29, 0.717) is 12.1 Å². The molecule has 0 N–H and O–H groups in total. The number of hydrogen-bond donors (Lipinski definition) is 0. The standard InChI is InChI=1S/C18H20N2/c1-3-7-15(8-4-1)19-13-18-12-11-17(19)14-20(18)16-9-5-2-6-10-16/h1-10,17-18H,11-14H2. The predicted octanol–water partition coefficient (Wildman–Crippen LogP) is 3.54. The van der Waals surface area contributed by atoms with E-state index in [2.05, 4.69) is 70.5 Å². The lowest BCUT2D eigenvalue weighted by Crippen LogP contribution is -2.63. The Hall–Kier alpha value is -1.96. The number of fused-ring (bicyclic) bond motifs is 3. The zero-order valence-corrected chi connectivity index (χ0v) is 11.7. The van der Waals surface area contributed by atoms with Crippen molar-refractivity contribution in [1.29, 1.82) is 0 Å². The average Bonchev–Trinajstić information content (AvgIpc) is 2.57. The molecule has 0 aromatic heterocycles. The largest absolute Gasteiger partial charge is 0.365 e. The summed E-state index contributed by atoms with van der Waals surface area (Å²) in [4.78, 5) is 5.21. The van der Waals surface area contributed by atoms with Crippen molar-refractivity contribution in [3.05, 3.63) is 60.7 Å². The van der Waals surface area contributed by atoms with Gasteiger partial charge in [-0.25, -0.2) is 0 Å². The van der Waals surface area contributed by atoms with E-state index in [1.165, 1.54) is 24.2 Å². The van der Waals surface area contributed by atoms with Gasteiger partial charge in [-0.3, -0.25) is 0 Å². The summed E-state index contributed by atoms with van der Waals surface area (Å²) in [6.45, 7) is 2.31. The highest BCUT2D eigenvalue weighted by Crippen LogP contribution is 2.35. The van der Waals surface area contributed by atoms with Gasteiger partial charge in [0.2, 0.25) is 0 Å². The summed E-state index contributed by atoms with van der Waals surface area (Å²) in [7, 11) is 0. The van der Waals surface area contributed by atoms with Crippen LogP contribution in [0.1, 0.15) is 12.8 Å². The van der Waals surface area contributed by atoms with Gasteiger partial charge in [-0.1, -0.05) is 36.4 Å². The maximum Gasteiger partial charge on any atom is 0.0466 e. The van der Waals surface area contributed by atoms with Crippen molar-refractivity contribution in [3.63, 3.8) is 0 Å². The molecule has 2 aromatic carbocycles. The highest BCUT2D eigenvalue weighted by Gasteiger charge is 2.38. The van der Waals surface area contributed by atoms with Crippen LogP contribution >= 0.6 is 0 Å². The van der Waals surface area contributed by atoms with Gasteiger partial charge in [0.1, 0.15) is 0 Å². The van der Waals surface area contributed by atoms with E-state index < -0.39 is 0 Å². The molecule has 3 saturated heterocycles. The Morgan fingerprint density at radius 1 is 0.600 bits per heavy atom. The highest BCUT2D eigenvalue weighted by molar-refractivity contribution is 5.55.